The second kappa shape index (κ2) is 5.13. The molecular formula is C14H17FN2. The van der Waals surface area contributed by atoms with E-state index in [0.29, 0.717) is 0 Å². The fraction of sp³-hybridized carbons (Fsp3) is 0.357. The number of aromatic nitrogens is 1. The molecule has 0 atom stereocenters. The van der Waals surface area contributed by atoms with Crippen molar-refractivity contribution in [1.82, 2.24) is 4.98 Å². The third-order valence-corrected chi connectivity index (χ3v) is 2.78. The van der Waals surface area contributed by atoms with Gasteiger partial charge in [0, 0.05) is 11.9 Å². The molecule has 0 aliphatic rings. The van der Waals surface area contributed by atoms with Crippen molar-refractivity contribution in [2.45, 2.75) is 26.7 Å². The van der Waals surface area contributed by atoms with Gasteiger partial charge in [-0.1, -0.05) is 13.8 Å². The molecule has 1 aromatic carbocycles. The third-order valence-electron chi connectivity index (χ3n) is 2.78. The van der Waals surface area contributed by atoms with Gasteiger partial charge >= 0.3 is 0 Å². The molecule has 3 heteroatoms. The van der Waals surface area contributed by atoms with Crippen molar-refractivity contribution >= 4 is 16.7 Å². The highest BCUT2D eigenvalue weighted by molar-refractivity contribution is 5.81. The second-order valence-electron chi connectivity index (χ2n) is 4.11. The maximum atomic E-state index is 13.1. The van der Waals surface area contributed by atoms with Gasteiger partial charge in [0.1, 0.15) is 11.6 Å². The predicted molar refractivity (Wildman–Crippen MR) is 69.9 cm³/mol. The van der Waals surface area contributed by atoms with E-state index in [1.165, 1.54) is 12.1 Å². The quantitative estimate of drug-likeness (QED) is 0.868. The van der Waals surface area contributed by atoms with E-state index in [2.05, 4.69) is 24.1 Å². The molecule has 1 N–H and O–H groups in total. The lowest BCUT2D eigenvalue weighted by atomic mass is 10.1. The van der Waals surface area contributed by atoms with E-state index < -0.39 is 0 Å². The van der Waals surface area contributed by atoms with Gasteiger partial charge in [-0.3, -0.25) is 0 Å². The maximum Gasteiger partial charge on any atom is 0.129 e. The largest absolute Gasteiger partial charge is 0.370 e. The van der Waals surface area contributed by atoms with E-state index in [1.54, 1.807) is 6.07 Å². The zero-order valence-corrected chi connectivity index (χ0v) is 10.3. The molecule has 1 aromatic heterocycles. The van der Waals surface area contributed by atoms with Gasteiger partial charge in [0.2, 0.25) is 0 Å². The summed E-state index contributed by atoms with van der Waals surface area (Å²) >= 11 is 0. The van der Waals surface area contributed by atoms with Gasteiger partial charge in [-0.15, -0.1) is 0 Å². The van der Waals surface area contributed by atoms with Crippen LogP contribution in [0.2, 0.25) is 0 Å². The van der Waals surface area contributed by atoms with E-state index in [1.807, 2.05) is 6.07 Å². The number of pyridine rings is 1. The van der Waals surface area contributed by atoms with Crippen LogP contribution in [0.25, 0.3) is 10.9 Å². The maximum absolute atomic E-state index is 13.1. The first-order valence-corrected chi connectivity index (χ1v) is 6.07. The number of aryl methyl sites for hydroxylation is 1. The summed E-state index contributed by atoms with van der Waals surface area (Å²) in [6, 6.07) is 6.72. The summed E-state index contributed by atoms with van der Waals surface area (Å²) in [6.45, 7) is 5.11. The Kier molecular flexibility index (Phi) is 3.57. The zero-order valence-electron chi connectivity index (χ0n) is 10.3. The summed E-state index contributed by atoms with van der Waals surface area (Å²) in [4.78, 5) is 4.55. The minimum Gasteiger partial charge on any atom is -0.370 e. The number of hydrogen-bond donors (Lipinski definition) is 1. The fourth-order valence-electron chi connectivity index (χ4n) is 1.86. The van der Waals surface area contributed by atoms with Crippen LogP contribution in [0, 0.1) is 5.82 Å². The van der Waals surface area contributed by atoms with Crippen molar-refractivity contribution in [3.8, 4) is 0 Å². The van der Waals surface area contributed by atoms with Crippen LogP contribution in [-0.4, -0.2) is 11.5 Å². The highest BCUT2D eigenvalue weighted by Crippen LogP contribution is 2.21. The van der Waals surface area contributed by atoms with E-state index >= 15 is 0 Å². The van der Waals surface area contributed by atoms with Crippen LogP contribution < -0.4 is 5.32 Å². The molecule has 0 spiro atoms. The van der Waals surface area contributed by atoms with Crippen LogP contribution in [0.5, 0.6) is 0 Å². The third kappa shape index (κ3) is 2.54. The highest BCUT2D eigenvalue weighted by atomic mass is 19.1. The molecule has 90 valence electrons. The molecule has 17 heavy (non-hydrogen) atoms. The Morgan fingerprint density at radius 3 is 2.76 bits per heavy atom. The van der Waals surface area contributed by atoms with E-state index in [0.717, 1.165) is 41.7 Å². The van der Waals surface area contributed by atoms with Crippen molar-refractivity contribution in [2.75, 3.05) is 11.9 Å². The minimum absolute atomic E-state index is 0.212. The highest BCUT2D eigenvalue weighted by Gasteiger charge is 2.05. The lowest BCUT2D eigenvalue weighted by molar-refractivity contribution is 0.629. The normalized spacial score (nSPS) is 10.8. The predicted octanol–water partition coefficient (Wildman–Crippen LogP) is 3.76. The van der Waals surface area contributed by atoms with Gasteiger partial charge in [-0.05, 0) is 42.7 Å². The van der Waals surface area contributed by atoms with Crippen LogP contribution in [-0.2, 0) is 6.42 Å². The van der Waals surface area contributed by atoms with Crippen molar-refractivity contribution in [1.29, 1.82) is 0 Å². The standard InChI is InChI=1S/C14H17FN2/c1-3-7-16-14-10(4-2)8-11-9-12(15)5-6-13(11)17-14/h5-6,8-9H,3-4,7H2,1-2H3,(H,16,17). The van der Waals surface area contributed by atoms with Crippen molar-refractivity contribution in [3.05, 3.63) is 35.6 Å². The molecule has 0 amide bonds. The number of rotatable bonds is 4. The summed E-state index contributed by atoms with van der Waals surface area (Å²) in [7, 11) is 0. The molecule has 0 radical (unpaired) electrons. The SMILES string of the molecule is CCCNc1nc2ccc(F)cc2cc1CC. The van der Waals surface area contributed by atoms with E-state index in [-0.39, 0.29) is 5.82 Å². The summed E-state index contributed by atoms with van der Waals surface area (Å²) in [5.74, 6) is 0.712. The van der Waals surface area contributed by atoms with Gasteiger partial charge in [-0.25, -0.2) is 9.37 Å². The number of hydrogen-bond acceptors (Lipinski definition) is 2. The smallest absolute Gasteiger partial charge is 0.129 e. The molecule has 1 heterocycles. The first-order valence-electron chi connectivity index (χ1n) is 6.07. The lowest BCUT2D eigenvalue weighted by Crippen LogP contribution is -2.05. The Balaban J connectivity index is 2.48. The van der Waals surface area contributed by atoms with Crippen LogP contribution in [0.1, 0.15) is 25.8 Å². The molecule has 0 fully saturated rings. The summed E-state index contributed by atoms with van der Waals surface area (Å²) in [5, 5.41) is 4.18. The Hall–Kier alpha value is -1.64. The number of fused-ring (bicyclic) bond motifs is 1. The number of halogens is 1. The van der Waals surface area contributed by atoms with Gasteiger partial charge in [0.25, 0.3) is 0 Å². The number of nitrogens with one attached hydrogen (secondary N) is 1. The van der Waals surface area contributed by atoms with Crippen LogP contribution >= 0.6 is 0 Å². The molecule has 0 unspecified atom stereocenters. The molecule has 0 aliphatic carbocycles. The van der Waals surface area contributed by atoms with Crippen molar-refractivity contribution < 1.29 is 4.39 Å². The number of anilines is 1. The molecule has 0 saturated carbocycles. The molecular weight excluding hydrogens is 215 g/mol. The second-order valence-corrected chi connectivity index (χ2v) is 4.11. The Morgan fingerprint density at radius 2 is 2.06 bits per heavy atom. The Morgan fingerprint density at radius 1 is 1.24 bits per heavy atom. The fourth-order valence-corrected chi connectivity index (χ4v) is 1.86. The van der Waals surface area contributed by atoms with Gasteiger partial charge in [-0.2, -0.15) is 0 Å². The first-order chi connectivity index (χ1) is 8.24. The molecule has 0 aliphatic heterocycles. The average molecular weight is 232 g/mol. The zero-order chi connectivity index (χ0) is 12.3. The monoisotopic (exact) mass is 232 g/mol. The minimum atomic E-state index is -0.212. The molecule has 0 bridgehead atoms. The topological polar surface area (TPSA) is 24.9 Å². The van der Waals surface area contributed by atoms with Crippen molar-refractivity contribution in [3.63, 3.8) is 0 Å². The summed E-state index contributed by atoms with van der Waals surface area (Å²) in [6.07, 6.45) is 1.96. The lowest BCUT2D eigenvalue weighted by Gasteiger charge is -2.10. The average Bonchev–Trinajstić information content (AvgIpc) is 2.35. The van der Waals surface area contributed by atoms with Gasteiger partial charge in [0.05, 0.1) is 5.52 Å². The number of nitrogens with zero attached hydrogens (tertiary/aromatic N) is 1. The van der Waals surface area contributed by atoms with Gasteiger partial charge < -0.3 is 5.32 Å². The van der Waals surface area contributed by atoms with E-state index in [4.69, 9.17) is 0 Å². The van der Waals surface area contributed by atoms with Gasteiger partial charge in [0.15, 0.2) is 0 Å². The Bertz CT molecular complexity index is 523. The van der Waals surface area contributed by atoms with Crippen LogP contribution in [0.15, 0.2) is 24.3 Å². The van der Waals surface area contributed by atoms with Crippen LogP contribution in [0.4, 0.5) is 10.2 Å². The molecule has 2 rings (SSSR count). The molecule has 2 aromatic rings. The molecule has 2 nitrogen and oxygen atoms in total. The number of benzene rings is 1. The molecule has 0 saturated heterocycles. The first kappa shape index (κ1) is 11.8. The summed E-state index contributed by atoms with van der Waals surface area (Å²) < 4.78 is 13.1. The summed E-state index contributed by atoms with van der Waals surface area (Å²) in [5.41, 5.74) is 1.97. The van der Waals surface area contributed by atoms with E-state index in [9.17, 15) is 4.39 Å². The Labute approximate surface area is 101 Å². The van der Waals surface area contributed by atoms with Crippen molar-refractivity contribution in [2.24, 2.45) is 0 Å². The van der Waals surface area contributed by atoms with Crippen LogP contribution in [0.3, 0.4) is 0 Å².